The standard InChI is InChI=1S/C11H19F4N5O/c1-20(2)9(10(12)17)4-18-8(5-21)7(3-16)19-6-11(13,14)15/h3-4,8,17-19,21H,5-6,16H2,1-2H3/p+1/b7-3-,9-4+,17-10?. The molecule has 0 aromatic heterocycles. The second-order valence-electron chi connectivity index (χ2n) is 4.36. The second-order valence-corrected chi connectivity index (χ2v) is 4.36. The van der Waals surface area contributed by atoms with Gasteiger partial charge < -0.3 is 26.4 Å². The van der Waals surface area contributed by atoms with E-state index in [9.17, 15) is 22.7 Å². The van der Waals surface area contributed by atoms with Crippen LogP contribution in [0.15, 0.2) is 23.8 Å². The average molecular weight is 314 g/mol. The van der Waals surface area contributed by atoms with Crippen molar-refractivity contribution in [1.82, 2.24) is 10.6 Å². The summed E-state index contributed by atoms with van der Waals surface area (Å²) in [5.41, 5.74) is 5.07. The van der Waals surface area contributed by atoms with Gasteiger partial charge in [-0.25, -0.2) is 0 Å². The van der Waals surface area contributed by atoms with Crippen LogP contribution in [0, 0.1) is 5.41 Å². The Bertz CT molecular complexity index is 406. The lowest BCUT2D eigenvalue weighted by Gasteiger charge is -2.21. The molecule has 0 bridgehead atoms. The third-order valence-electron chi connectivity index (χ3n) is 2.43. The topological polar surface area (TPSA) is 98.6 Å². The minimum absolute atomic E-state index is 0.0550. The number of halogens is 4. The minimum atomic E-state index is -4.44. The van der Waals surface area contributed by atoms with Gasteiger partial charge in [0.25, 0.3) is 5.97 Å². The summed E-state index contributed by atoms with van der Waals surface area (Å²) in [6.45, 7) is -1.89. The monoisotopic (exact) mass is 314 g/mol. The highest BCUT2D eigenvalue weighted by Crippen LogP contribution is 2.13. The number of aliphatic hydroxyl groups is 1. The summed E-state index contributed by atoms with van der Waals surface area (Å²) in [7, 11) is 3.13. The predicted molar refractivity (Wildman–Crippen MR) is 70.1 cm³/mol. The summed E-state index contributed by atoms with van der Waals surface area (Å²) < 4.78 is 49.4. The highest BCUT2D eigenvalue weighted by atomic mass is 19.4. The molecule has 21 heavy (non-hydrogen) atoms. The van der Waals surface area contributed by atoms with Crippen molar-refractivity contribution in [3.63, 3.8) is 0 Å². The number of aliphatic hydroxyl groups excluding tert-OH is 1. The molecule has 0 aliphatic heterocycles. The highest BCUT2D eigenvalue weighted by molar-refractivity contribution is 5.86. The van der Waals surface area contributed by atoms with Crippen molar-refractivity contribution in [2.75, 3.05) is 27.2 Å². The van der Waals surface area contributed by atoms with E-state index < -0.39 is 31.3 Å². The van der Waals surface area contributed by atoms with Gasteiger partial charge in [-0.3, -0.25) is 5.41 Å². The van der Waals surface area contributed by atoms with Gasteiger partial charge in [0.2, 0.25) is 5.70 Å². The molecular formula is C11H20F4N5O+. The van der Waals surface area contributed by atoms with Crippen LogP contribution in [0.3, 0.4) is 0 Å². The SMILES string of the molecule is C[NH+](C)/C(=C/NC(CO)/C(=C/N)NCC(F)(F)F)C(=N)F. The van der Waals surface area contributed by atoms with Gasteiger partial charge in [-0.05, 0) is 0 Å². The van der Waals surface area contributed by atoms with Crippen molar-refractivity contribution in [3.8, 4) is 0 Å². The molecule has 0 aromatic rings. The first-order valence-corrected chi connectivity index (χ1v) is 5.96. The van der Waals surface area contributed by atoms with Gasteiger partial charge in [0.15, 0.2) is 0 Å². The Hall–Kier alpha value is -1.81. The largest absolute Gasteiger partial charge is 0.405 e. The molecule has 0 rings (SSSR count). The third-order valence-corrected chi connectivity index (χ3v) is 2.43. The molecule has 122 valence electrons. The lowest BCUT2D eigenvalue weighted by Crippen LogP contribution is -3.04. The number of rotatable bonds is 8. The first-order valence-electron chi connectivity index (χ1n) is 5.96. The van der Waals surface area contributed by atoms with E-state index in [2.05, 4.69) is 5.32 Å². The van der Waals surface area contributed by atoms with E-state index in [4.69, 9.17) is 11.1 Å². The van der Waals surface area contributed by atoms with E-state index >= 15 is 0 Å². The summed E-state index contributed by atoms with van der Waals surface area (Å²) in [5, 5.41) is 20.7. The van der Waals surface area contributed by atoms with E-state index in [0.29, 0.717) is 4.90 Å². The molecule has 7 N–H and O–H groups in total. The van der Waals surface area contributed by atoms with Crippen LogP contribution in [0.1, 0.15) is 0 Å². The van der Waals surface area contributed by atoms with Gasteiger partial charge in [-0.1, -0.05) is 0 Å². The number of hydrogen-bond donors (Lipinski definition) is 6. The van der Waals surface area contributed by atoms with Crippen molar-refractivity contribution in [2.24, 2.45) is 5.73 Å². The molecule has 1 atom stereocenters. The van der Waals surface area contributed by atoms with Crippen LogP contribution in [-0.2, 0) is 0 Å². The Morgan fingerprint density at radius 2 is 2.00 bits per heavy atom. The number of hydrogen-bond acceptors (Lipinski definition) is 5. The first kappa shape index (κ1) is 19.2. The molecule has 0 saturated heterocycles. The predicted octanol–water partition coefficient (Wildman–Crippen LogP) is -1.18. The fourth-order valence-electron chi connectivity index (χ4n) is 1.35. The summed E-state index contributed by atoms with van der Waals surface area (Å²) in [5.74, 6) is -1.19. The van der Waals surface area contributed by atoms with Gasteiger partial charge in [-0.2, -0.15) is 17.6 Å². The summed E-state index contributed by atoms with van der Waals surface area (Å²) >= 11 is 0. The maximum atomic E-state index is 12.9. The molecule has 0 fully saturated rings. The van der Waals surface area contributed by atoms with Crippen molar-refractivity contribution < 1.29 is 27.6 Å². The number of alkyl halides is 3. The molecule has 0 aliphatic carbocycles. The highest BCUT2D eigenvalue weighted by Gasteiger charge is 2.28. The van der Waals surface area contributed by atoms with Crippen LogP contribution < -0.4 is 21.3 Å². The van der Waals surface area contributed by atoms with Crippen molar-refractivity contribution in [3.05, 3.63) is 23.8 Å². The Morgan fingerprint density at radius 1 is 1.43 bits per heavy atom. The van der Waals surface area contributed by atoms with Crippen molar-refractivity contribution >= 4 is 5.97 Å². The molecular weight excluding hydrogens is 294 g/mol. The molecule has 0 aliphatic rings. The lowest BCUT2D eigenvalue weighted by molar-refractivity contribution is -0.811. The number of nitrogens with two attached hydrogens (primary N) is 1. The van der Waals surface area contributed by atoms with Crippen molar-refractivity contribution in [2.45, 2.75) is 12.2 Å². The summed E-state index contributed by atoms with van der Waals surface area (Å²) in [6.07, 6.45) is -2.45. The average Bonchev–Trinajstić information content (AvgIpc) is 2.34. The number of nitrogens with one attached hydrogen (secondary N) is 4. The van der Waals surface area contributed by atoms with Crippen LogP contribution in [0.5, 0.6) is 0 Å². The molecule has 0 heterocycles. The molecule has 10 heteroatoms. The molecule has 0 spiro atoms. The fourth-order valence-corrected chi connectivity index (χ4v) is 1.35. The smallest absolute Gasteiger partial charge is 0.403 e. The van der Waals surface area contributed by atoms with E-state index in [-0.39, 0.29) is 11.4 Å². The van der Waals surface area contributed by atoms with Gasteiger partial charge in [0, 0.05) is 6.20 Å². The van der Waals surface area contributed by atoms with Gasteiger partial charge in [0.05, 0.1) is 38.6 Å². The second kappa shape index (κ2) is 8.47. The van der Waals surface area contributed by atoms with Crippen molar-refractivity contribution in [1.29, 1.82) is 5.41 Å². The van der Waals surface area contributed by atoms with E-state index in [1.54, 1.807) is 14.1 Å². The number of allylic oxidation sites excluding steroid dienone is 1. The molecule has 6 nitrogen and oxygen atoms in total. The Morgan fingerprint density at radius 3 is 2.33 bits per heavy atom. The Kier molecular flexibility index (Phi) is 7.74. The van der Waals surface area contributed by atoms with E-state index in [1.807, 2.05) is 5.32 Å². The first-order chi connectivity index (χ1) is 9.62. The number of quaternary nitrogens is 1. The quantitative estimate of drug-likeness (QED) is 0.251. The zero-order valence-corrected chi connectivity index (χ0v) is 11.7. The molecule has 0 aromatic carbocycles. The molecule has 0 saturated carbocycles. The fraction of sp³-hybridized carbons (Fsp3) is 0.545. The summed E-state index contributed by atoms with van der Waals surface area (Å²) in [4.78, 5) is 0.494. The lowest BCUT2D eigenvalue weighted by atomic mass is 10.2. The molecule has 1 unspecified atom stereocenters. The molecule has 0 amide bonds. The van der Waals surface area contributed by atoms with Gasteiger partial charge in [0.1, 0.15) is 6.54 Å². The summed E-state index contributed by atoms with van der Waals surface area (Å²) in [6, 6.07) is -0.981. The Balaban J connectivity index is 4.90. The van der Waals surface area contributed by atoms with Crippen LogP contribution in [0.25, 0.3) is 0 Å². The van der Waals surface area contributed by atoms with Crippen LogP contribution >= 0.6 is 0 Å². The maximum absolute atomic E-state index is 12.9. The van der Waals surface area contributed by atoms with Gasteiger partial charge in [-0.15, -0.1) is 0 Å². The Labute approximate surface area is 119 Å². The minimum Gasteiger partial charge on any atom is -0.403 e. The normalized spacial score (nSPS) is 15.0. The molecule has 0 radical (unpaired) electrons. The van der Waals surface area contributed by atoms with Crippen LogP contribution in [0.2, 0.25) is 0 Å². The zero-order chi connectivity index (χ0) is 16.6. The maximum Gasteiger partial charge on any atom is 0.405 e. The van der Waals surface area contributed by atoms with Gasteiger partial charge >= 0.3 is 6.18 Å². The zero-order valence-electron chi connectivity index (χ0n) is 11.7. The van der Waals surface area contributed by atoms with Crippen LogP contribution in [0.4, 0.5) is 17.6 Å². The van der Waals surface area contributed by atoms with E-state index in [0.717, 1.165) is 12.4 Å². The van der Waals surface area contributed by atoms with Crippen LogP contribution in [-0.4, -0.2) is 50.5 Å². The third kappa shape index (κ3) is 7.51. The van der Waals surface area contributed by atoms with E-state index in [1.165, 1.54) is 0 Å².